The van der Waals surface area contributed by atoms with Crippen molar-refractivity contribution in [1.82, 2.24) is 0 Å². The Labute approximate surface area is 126 Å². The monoisotopic (exact) mass is 322 g/mol. The number of aromatic carboxylic acids is 2. The van der Waals surface area contributed by atoms with Crippen molar-refractivity contribution in [3.8, 4) is 0 Å². The molecule has 0 saturated heterocycles. The number of carboxylic acids is 2. The second-order valence-electron chi connectivity index (χ2n) is 3.89. The zero-order valence-electron chi connectivity index (χ0n) is 11.0. The van der Waals surface area contributed by atoms with Gasteiger partial charge in [0.25, 0.3) is 10.1 Å². The van der Waals surface area contributed by atoms with Gasteiger partial charge in [0.15, 0.2) is 0 Å². The first-order chi connectivity index (χ1) is 10.2. The van der Waals surface area contributed by atoms with Gasteiger partial charge in [-0.05, 0) is 0 Å². The van der Waals surface area contributed by atoms with Gasteiger partial charge in [0.05, 0.1) is 11.9 Å². The van der Waals surface area contributed by atoms with Gasteiger partial charge in [-0.2, -0.15) is 8.42 Å². The fourth-order valence-electron chi connectivity index (χ4n) is 1.52. The highest BCUT2D eigenvalue weighted by molar-refractivity contribution is 7.86. The first-order valence-electron chi connectivity index (χ1n) is 5.78. The van der Waals surface area contributed by atoms with Crippen LogP contribution in [0.15, 0.2) is 59.5 Å². The summed E-state index contributed by atoms with van der Waals surface area (Å²) in [4.78, 5) is 19.8. The van der Waals surface area contributed by atoms with Crippen molar-refractivity contribution in [1.29, 1.82) is 0 Å². The van der Waals surface area contributed by atoms with E-state index in [1.54, 1.807) is 0 Å². The molecule has 0 aliphatic carbocycles. The molecule has 2 aromatic rings. The Morgan fingerprint density at radius 2 is 1.09 bits per heavy atom. The highest BCUT2D eigenvalue weighted by Gasteiger charge is 2.21. The topological polar surface area (TPSA) is 135 Å². The largest absolute Gasteiger partial charge is 0.545 e. The number of hydrogen-bond donors (Lipinski definition) is 1. The summed E-state index contributed by atoms with van der Waals surface area (Å²) in [6, 6.07) is 14.6. The lowest BCUT2D eigenvalue weighted by Crippen LogP contribution is -2.29. The molecule has 0 aliphatic heterocycles. The van der Waals surface area contributed by atoms with Gasteiger partial charge in [-0.15, -0.1) is 0 Å². The van der Waals surface area contributed by atoms with Crippen LogP contribution >= 0.6 is 0 Å². The molecule has 2 aromatic carbocycles. The average Bonchev–Trinajstić information content (AvgIpc) is 2.48. The van der Waals surface area contributed by atoms with E-state index in [0.29, 0.717) is 0 Å². The van der Waals surface area contributed by atoms with Crippen molar-refractivity contribution in [2.75, 3.05) is 0 Å². The van der Waals surface area contributed by atoms with E-state index < -0.39 is 38.1 Å². The number of carbonyl (C=O) groups excluding carboxylic acids is 2. The van der Waals surface area contributed by atoms with E-state index in [0.717, 1.165) is 18.2 Å². The van der Waals surface area contributed by atoms with Crippen LogP contribution in [0.25, 0.3) is 0 Å². The fourth-order valence-corrected chi connectivity index (χ4v) is 2.38. The minimum absolute atomic E-state index is 0.797. The summed E-state index contributed by atoms with van der Waals surface area (Å²) >= 11 is 0. The maximum atomic E-state index is 10.9. The normalized spacial score (nSPS) is 10.2. The minimum atomic E-state index is -5.00. The summed E-state index contributed by atoms with van der Waals surface area (Å²) in [5.74, 6) is -3.84. The average molecular weight is 322 g/mol. The molecule has 7 nitrogen and oxygen atoms in total. The van der Waals surface area contributed by atoms with E-state index >= 15 is 0 Å². The molecule has 0 radical (unpaired) electrons. The maximum Gasteiger partial charge on any atom is 0.295 e. The van der Waals surface area contributed by atoms with Gasteiger partial charge < -0.3 is 19.8 Å². The molecule has 1 N–H and O–H groups in total. The number of rotatable bonds is 3. The molecule has 0 atom stereocenters. The van der Waals surface area contributed by atoms with Crippen molar-refractivity contribution in [2.24, 2.45) is 0 Å². The van der Waals surface area contributed by atoms with Crippen molar-refractivity contribution in [3.05, 3.63) is 65.7 Å². The van der Waals surface area contributed by atoms with E-state index in [9.17, 15) is 28.2 Å². The summed E-state index contributed by atoms with van der Waals surface area (Å²) in [5, 5.41) is 21.1. The molecule has 0 fully saturated rings. The third-order valence-electron chi connectivity index (χ3n) is 2.38. The van der Waals surface area contributed by atoms with Crippen LogP contribution in [0.4, 0.5) is 0 Å². The minimum Gasteiger partial charge on any atom is -0.545 e. The zero-order valence-corrected chi connectivity index (χ0v) is 11.8. The van der Waals surface area contributed by atoms with E-state index in [-0.39, 0.29) is 0 Å². The quantitative estimate of drug-likeness (QED) is 0.741. The van der Waals surface area contributed by atoms with Gasteiger partial charge in [0, 0.05) is 11.1 Å². The number of carbonyl (C=O) groups is 2. The molecule has 0 aromatic heterocycles. The van der Waals surface area contributed by atoms with Crippen LogP contribution in [0.2, 0.25) is 0 Å². The lowest BCUT2D eigenvalue weighted by molar-refractivity contribution is -0.255. The predicted octanol–water partition coefficient (Wildman–Crippen LogP) is -0.653. The molecule has 8 heteroatoms. The third kappa shape index (κ3) is 4.69. The molecule has 0 spiro atoms. The summed E-state index contributed by atoms with van der Waals surface area (Å²) in [6.07, 6.45) is 0. The lowest BCUT2D eigenvalue weighted by atomic mass is 10.1. The van der Waals surface area contributed by atoms with Crippen molar-refractivity contribution >= 4 is 22.1 Å². The Hall–Kier alpha value is -2.71. The zero-order chi connectivity index (χ0) is 16.8. The molecule has 0 heterocycles. The van der Waals surface area contributed by atoms with Crippen LogP contribution in [0, 0.1) is 0 Å². The Kier molecular flexibility index (Phi) is 5.79. The van der Waals surface area contributed by atoms with Gasteiger partial charge in [0.2, 0.25) is 0 Å². The summed E-state index contributed by atoms with van der Waals surface area (Å²) in [6.45, 7) is 0. The first kappa shape index (κ1) is 17.3. The van der Waals surface area contributed by atoms with Crippen molar-refractivity contribution < 1.29 is 32.8 Å². The highest BCUT2D eigenvalue weighted by Crippen LogP contribution is 2.19. The van der Waals surface area contributed by atoms with Gasteiger partial charge >= 0.3 is 0 Å². The molecule has 2 rings (SSSR count). The Morgan fingerprint density at radius 3 is 1.32 bits per heavy atom. The molecule has 0 bridgehead atoms. The summed E-state index contributed by atoms with van der Waals surface area (Å²) < 4.78 is 30.5. The van der Waals surface area contributed by atoms with Gasteiger partial charge in [-0.25, -0.2) is 0 Å². The van der Waals surface area contributed by atoms with Crippen LogP contribution in [-0.4, -0.2) is 24.9 Å². The van der Waals surface area contributed by atoms with E-state index in [4.69, 9.17) is 4.55 Å². The molecule has 0 aliphatic rings. The van der Waals surface area contributed by atoms with E-state index in [1.165, 1.54) is 0 Å². The highest BCUT2D eigenvalue weighted by atomic mass is 32.2. The second-order valence-corrected chi connectivity index (χ2v) is 5.25. The second kappa shape index (κ2) is 7.34. The standard InChI is InChI=1S/C8H6O7S.C6H6/c9-7(10)4-2-1-3-5(8(11)12)6(4)16(13,14)15;1-2-4-6-5-3-1/h1-3H,(H,9,10)(H,11,12)(H,13,14,15);1-6H/p-2. The molecule has 0 saturated carbocycles. The van der Waals surface area contributed by atoms with Crippen molar-refractivity contribution in [3.63, 3.8) is 0 Å². The van der Waals surface area contributed by atoms with Crippen LogP contribution in [0.1, 0.15) is 20.7 Å². The van der Waals surface area contributed by atoms with Gasteiger partial charge in [-0.1, -0.05) is 54.6 Å². The number of hydrogen-bond acceptors (Lipinski definition) is 6. The van der Waals surface area contributed by atoms with Crippen LogP contribution < -0.4 is 10.2 Å². The molecular weight excluding hydrogens is 312 g/mol. The van der Waals surface area contributed by atoms with Gasteiger partial charge in [0.1, 0.15) is 4.90 Å². The molecule has 22 heavy (non-hydrogen) atoms. The lowest BCUT2D eigenvalue weighted by Gasteiger charge is -2.13. The predicted molar refractivity (Wildman–Crippen MR) is 71.4 cm³/mol. The smallest absolute Gasteiger partial charge is 0.295 e. The number of carboxylic acid groups (broad SMARTS) is 2. The molecular formula is C14H10O7S-2. The van der Waals surface area contributed by atoms with Gasteiger partial charge in [-0.3, -0.25) is 4.55 Å². The number of benzene rings is 2. The van der Waals surface area contributed by atoms with Crippen LogP contribution in [-0.2, 0) is 10.1 Å². The first-order valence-corrected chi connectivity index (χ1v) is 7.22. The Morgan fingerprint density at radius 1 is 0.773 bits per heavy atom. The third-order valence-corrected chi connectivity index (χ3v) is 3.34. The van der Waals surface area contributed by atoms with E-state index in [2.05, 4.69) is 0 Å². The molecule has 0 unspecified atom stereocenters. The van der Waals surface area contributed by atoms with Crippen LogP contribution in [0.5, 0.6) is 0 Å². The van der Waals surface area contributed by atoms with E-state index in [1.807, 2.05) is 36.4 Å². The summed E-state index contributed by atoms with van der Waals surface area (Å²) in [5.41, 5.74) is -1.88. The maximum absolute atomic E-state index is 10.9. The SMILES string of the molecule is O=C([O-])c1cccc(C(=O)[O-])c1S(=O)(=O)O.c1ccccc1. The Bertz CT molecular complexity index is 708. The molecule has 0 amide bonds. The fraction of sp³-hybridized carbons (Fsp3) is 0. The van der Waals surface area contributed by atoms with Crippen molar-refractivity contribution in [2.45, 2.75) is 4.90 Å². The summed E-state index contributed by atoms with van der Waals surface area (Å²) in [7, 11) is -5.00. The van der Waals surface area contributed by atoms with Crippen LogP contribution in [0.3, 0.4) is 0 Å². The Balaban J connectivity index is 0.000000335. The molecule has 116 valence electrons.